The SMILES string of the molecule is Cn1ncc(-c2nc(-c3cccc(C(=O)N4CCCC4)c3)no2)c1COc1ccc(C(F)(F)F)cn1. The van der Waals surface area contributed by atoms with Crippen LogP contribution in [0.1, 0.15) is 34.5 Å². The molecule has 1 aromatic carbocycles. The Balaban J connectivity index is 1.33. The van der Waals surface area contributed by atoms with Gasteiger partial charge in [0.05, 0.1) is 23.0 Å². The highest BCUT2D eigenvalue weighted by atomic mass is 19.4. The van der Waals surface area contributed by atoms with Gasteiger partial charge in [-0.15, -0.1) is 0 Å². The van der Waals surface area contributed by atoms with Gasteiger partial charge in [-0.1, -0.05) is 17.3 Å². The summed E-state index contributed by atoms with van der Waals surface area (Å²) in [6.07, 6.45) is -0.218. The van der Waals surface area contributed by atoms with Gasteiger partial charge in [-0.2, -0.15) is 23.3 Å². The van der Waals surface area contributed by atoms with Crippen molar-refractivity contribution in [1.29, 1.82) is 0 Å². The maximum Gasteiger partial charge on any atom is 0.417 e. The third-order valence-corrected chi connectivity index (χ3v) is 5.90. The maximum absolute atomic E-state index is 12.7. The fraction of sp³-hybridized carbons (Fsp3) is 0.292. The molecule has 1 aliphatic heterocycles. The molecular formula is C24H21F3N6O3. The van der Waals surface area contributed by atoms with E-state index in [4.69, 9.17) is 9.26 Å². The van der Waals surface area contributed by atoms with E-state index >= 15 is 0 Å². The second kappa shape index (κ2) is 9.44. The lowest BCUT2D eigenvalue weighted by Crippen LogP contribution is -2.27. The van der Waals surface area contributed by atoms with Gasteiger partial charge < -0.3 is 14.2 Å². The molecule has 1 aliphatic rings. The van der Waals surface area contributed by atoms with Gasteiger partial charge in [-0.25, -0.2) is 4.98 Å². The molecule has 12 heteroatoms. The maximum atomic E-state index is 12.7. The van der Waals surface area contributed by atoms with E-state index in [1.807, 2.05) is 4.90 Å². The highest BCUT2D eigenvalue weighted by Gasteiger charge is 2.30. The first-order valence-electron chi connectivity index (χ1n) is 11.2. The van der Waals surface area contributed by atoms with Crippen molar-refractivity contribution in [2.75, 3.05) is 13.1 Å². The smallest absolute Gasteiger partial charge is 0.417 e. The van der Waals surface area contributed by atoms with Crippen LogP contribution in [-0.4, -0.2) is 48.8 Å². The van der Waals surface area contributed by atoms with Crippen LogP contribution in [0.5, 0.6) is 5.88 Å². The minimum atomic E-state index is -4.47. The van der Waals surface area contributed by atoms with E-state index in [-0.39, 0.29) is 24.3 Å². The average molecular weight is 498 g/mol. The molecule has 5 rings (SSSR count). The Labute approximate surface area is 203 Å². The summed E-state index contributed by atoms with van der Waals surface area (Å²) >= 11 is 0. The molecule has 0 aliphatic carbocycles. The molecule has 4 aromatic rings. The quantitative estimate of drug-likeness (QED) is 0.389. The van der Waals surface area contributed by atoms with Crippen LogP contribution in [-0.2, 0) is 19.8 Å². The molecule has 0 unspecified atom stereocenters. The summed E-state index contributed by atoms with van der Waals surface area (Å²) in [5.41, 5.74) is 1.39. The van der Waals surface area contributed by atoms with Crippen LogP contribution in [0.2, 0.25) is 0 Å². The van der Waals surface area contributed by atoms with Gasteiger partial charge in [0.15, 0.2) is 0 Å². The monoisotopic (exact) mass is 498 g/mol. The lowest BCUT2D eigenvalue weighted by Gasteiger charge is -2.15. The van der Waals surface area contributed by atoms with E-state index in [1.54, 1.807) is 36.0 Å². The number of hydrogen-bond donors (Lipinski definition) is 0. The van der Waals surface area contributed by atoms with E-state index in [2.05, 4.69) is 20.2 Å². The van der Waals surface area contributed by atoms with Crippen molar-refractivity contribution >= 4 is 5.91 Å². The molecular weight excluding hydrogens is 477 g/mol. The van der Waals surface area contributed by atoms with E-state index in [1.165, 1.54) is 6.20 Å². The Morgan fingerprint density at radius 3 is 2.67 bits per heavy atom. The molecule has 0 atom stereocenters. The molecule has 36 heavy (non-hydrogen) atoms. The van der Waals surface area contributed by atoms with E-state index < -0.39 is 11.7 Å². The van der Waals surface area contributed by atoms with Gasteiger partial charge in [0.1, 0.15) is 6.61 Å². The van der Waals surface area contributed by atoms with Crippen LogP contribution in [0.15, 0.2) is 53.3 Å². The van der Waals surface area contributed by atoms with Gasteiger partial charge in [-0.3, -0.25) is 9.48 Å². The molecule has 4 heterocycles. The molecule has 1 saturated heterocycles. The number of rotatable bonds is 6. The molecule has 3 aromatic heterocycles. The topological polar surface area (TPSA) is 99.2 Å². The van der Waals surface area contributed by atoms with Crippen LogP contribution in [0.3, 0.4) is 0 Å². The predicted molar refractivity (Wildman–Crippen MR) is 121 cm³/mol. The zero-order valence-electron chi connectivity index (χ0n) is 19.2. The Kier molecular flexibility index (Phi) is 6.17. The zero-order chi connectivity index (χ0) is 25.3. The first kappa shape index (κ1) is 23.5. The molecule has 1 fully saturated rings. The van der Waals surface area contributed by atoms with Gasteiger partial charge in [0, 0.05) is 43.5 Å². The van der Waals surface area contributed by atoms with Crippen molar-refractivity contribution in [2.45, 2.75) is 25.6 Å². The summed E-state index contributed by atoms with van der Waals surface area (Å²) in [7, 11) is 1.69. The number of amides is 1. The lowest BCUT2D eigenvalue weighted by atomic mass is 10.1. The van der Waals surface area contributed by atoms with E-state index in [9.17, 15) is 18.0 Å². The first-order valence-corrected chi connectivity index (χ1v) is 11.2. The van der Waals surface area contributed by atoms with Crippen LogP contribution in [0.4, 0.5) is 13.2 Å². The minimum absolute atomic E-state index is 0.0263. The number of carbonyl (C=O) groups is 1. The van der Waals surface area contributed by atoms with E-state index in [0.29, 0.717) is 34.4 Å². The molecule has 0 bridgehead atoms. The zero-order valence-corrected chi connectivity index (χ0v) is 19.2. The Bertz CT molecular complexity index is 1370. The highest BCUT2D eigenvalue weighted by Crippen LogP contribution is 2.30. The molecule has 1 amide bonds. The van der Waals surface area contributed by atoms with Gasteiger partial charge in [0.25, 0.3) is 11.8 Å². The molecule has 186 valence electrons. The van der Waals surface area contributed by atoms with Crippen LogP contribution >= 0.6 is 0 Å². The third-order valence-electron chi connectivity index (χ3n) is 5.90. The first-order chi connectivity index (χ1) is 17.3. The van der Waals surface area contributed by atoms with Gasteiger partial charge >= 0.3 is 6.18 Å². The summed E-state index contributed by atoms with van der Waals surface area (Å²) in [5, 5.41) is 8.26. The summed E-state index contributed by atoms with van der Waals surface area (Å²) in [4.78, 5) is 22.7. The lowest BCUT2D eigenvalue weighted by molar-refractivity contribution is -0.137. The molecule has 0 N–H and O–H groups in total. The summed E-state index contributed by atoms with van der Waals surface area (Å²) in [6.45, 7) is 1.47. The second-order valence-electron chi connectivity index (χ2n) is 8.30. The number of alkyl halides is 3. The summed E-state index contributed by atoms with van der Waals surface area (Å²) < 4.78 is 50.8. The van der Waals surface area contributed by atoms with Crippen LogP contribution in [0.25, 0.3) is 22.8 Å². The standard InChI is InChI=1S/C24H21F3N6O3/c1-32-19(14-35-20-8-7-17(12-28-20)24(25,26)27)18(13-29-32)22-30-21(31-36-22)15-5-4-6-16(11-15)23(34)33-9-2-3-10-33/h4-8,11-13H,2-3,9-10,14H2,1H3. The minimum Gasteiger partial charge on any atom is -0.471 e. The third kappa shape index (κ3) is 4.79. The number of hydrogen-bond acceptors (Lipinski definition) is 7. The van der Waals surface area contributed by atoms with Crippen molar-refractivity contribution in [1.82, 2.24) is 29.8 Å². The number of likely N-dealkylation sites (tertiary alicyclic amines) is 1. The average Bonchev–Trinajstić information content (AvgIpc) is 3.63. The van der Waals surface area contributed by atoms with Crippen molar-refractivity contribution in [3.05, 3.63) is 65.6 Å². The fourth-order valence-electron chi connectivity index (χ4n) is 3.93. The largest absolute Gasteiger partial charge is 0.471 e. The fourth-order valence-corrected chi connectivity index (χ4v) is 3.93. The van der Waals surface area contributed by atoms with Crippen molar-refractivity contribution in [3.63, 3.8) is 0 Å². The molecule has 0 spiro atoms. The Morgan fingerprint density at radius 2 is 1.94 bits per heavy atom. The normalized spacial score (nSPS) is 13.8. The van der Waals surface area contributed by atoms with E-state index in [0.717, 1.165) is 38.1 Å². The van der Waals surface area contributed by atoms with Crippen LogP contribution < -0.4 is 4.74 Å². The number of pyridine rings is 1. The summed E-state index contributed by atoms with van der Waals surface area (Å²) in [6, 6.07) is 9.11. The van der Waals surface area contributed by atoms with Gasteiger partial charge in [0.2, 0.25) is 11.7 Å². The second-order valence-corrected chi connectivity index (χ2v) is 8.30. The van der Waals surface area contributed by atoms with Gasteiger partial charge in [-0.05, 0) is 31.0 Å². The number of aromatic nitrogens is 5. The number of carbonyl (C=O) groups excluding carboxylic acids is 1. The molecule has 9 nitrogen and oxygen atoms in total. The Hall–Kier alpha value is -4.22. The number of aryl methyl sites for hydroxylation is 1. The number of halogens is 3. The predicted octanol–water partition coefficient (Wildman–Crippen LogP) is 4.37. The highest BCUT2D eigenvalue weighted by molar-refractivity contribution is 5.95. The van der Waals surface area contributed by atoms with Crippen molar-refractivity contribution in [3.8, 4) is 28.7 Å². The molecule has 0 radical (unpaired) electrons. The van der Waals surface area contributed by atoms with Crippen molar-refractivity contribution in [2.24, 2.45) is 7.05 Å². The van der Waals surface area contributed by atoms with Crippen molar-refractivity contribution < 1.29 is 27.2 Å². The summed E-state index contributed by atoms with van der Waals surface area (Å²) in [5.74, 6) is 0.497. The molecule has 0 saturated carbocycles. The van der Waals surface area contributed by atoms with Crippen LogP contribution in [0, 0.1) is 0 Å². The number of benzene rings is 1. The number of nitrogens with zero attached hydrogens (tertiary/aromatic N) is 6. The Morgan fingerprint density at radius 1 is 1.14 bits per heavy atom. The number of ether oxygens (including phenoxy) is 1.